The van der Waals surface area contributed by atoms with E-state index in [1.165, 1.54) is 0 Å². The van der Waals surface area contributed by atoms with E-state index in [1.54, 1.807) is 4.90 Å². The molecule has 0 saturated carbocycles. The maximum Gasteiger partial charge on any atom is 0.314 e. The van der Waals surface area contributed by atoms with E-state index >= 15 is 0 Å². The normalized spacial score (nSPS) is 22.2. The number of rotatable bonds is 4. The number of primary amides is 1. The van der Waals surface area contributed by atoms with Gasteiger partial charge in [0.25, 0.3) is 0 Å². The second-order valence-electron chi connectivity index (χ2n) is 3.30. The van der Waals surface area contributed by atoms with E-state index in [9.17, 15) is 4.79 Å². The molecular weight excluding hydrogens is 170 g/mol. The van der Waals surface area contributed by atoms with Crippen LogP contribution < -0.4 is 11.5 Å². The standard InChI is InChI=1S/C8H17N3O2/c9-2-4-13-6-7-1-3-11(5-7)8(10)12/h7H,1-6,9H2,(H2,10,12). The van der Waals surface area contributed by atoms with Crippen LogP contribution in [0.1, 0.15) is 6.42 Å². The monoisotopic (exact) mass is 187 g/mol. The summed E-state index contributed by atoms with van der Waals surface area (Å²) in [6.07, 6.45) is 0.980. The highest BCUT2D eigenvalue weighted by molar-refractivity contribution is 5.72. The molecular formula is C8H17N3O2. The first-order valence-corrected chi connectivity index (χ1v) is 4.56. The van der Waals surface area contributed by atoms with Crippen LogP contribution in [0, 0.1) is 5.92 Å². The number of ether oxygens (including phenoxy) is 1. The van der Waals surface area contributed by atoms with Gasteiger partial charge in [-0.15, -0.1) is 0 Å². The Bertz CT molecular complexity index is 175. The largest absolute Gasteiger partial charge is 0.380 e. The van der Waals surface area contributed by atoms with Gasteiger partial charge in [-0.25, -0.2) is 4.79 Å². The van der Waals surface area contributed by atoms with Gasteiger partial charge in [-0.05, 0) is 6.42 Å². The number of nitrogens with zero attached hydrogens (tertiary/aromatic N) is 1. The van der Waals surface area contributed by atoms with Gasteiger partial charge in [0.2, 0.25) is 0 Å². The van der Waals surface area contributed by atoms with E-state index < -0.39 is 0 Å². The average molecular weight is 187 g/mol. The number of urea groups is 1. The van der Waals surface area contributed by atoms with Crippen molar-refractivity contribution in [2.24, 2.45) is 17.4 Å². The maximum absolute atomic E-state index is 10.8. The van der Waals surface area contributed by atoms with Gasteiger partial charge in [-0.3, -0.25) is 0 Å². The minimum atomic E-state index is -0.332. The molecule has 1 rings (SSSR count). The number of hydrogen-bond acceptors (Lipinski definition) is 3. The molecule has 0 aromatic carbocycles. The maximum atomic E-state index is 10.8. The summed E-state index contributed by atoms with van der Waals surface area (Å²) < 4.78 is 5.29. The van der Waals surface area contributed by atoms with Crippen LogP contribution in [0.3, 0.4) is 0 Å². The van der Waals surface area contributed by atoms with Gasteiger partial charge < -0.3 is 21.1 Å². The quantitative estimate of drug-likeness (QED) is 0.574. The van der Waals surface area contributed by atoms with Crippen LogP contribution in [0.25, 0.3) is 0 Å². The number of carbonyl (C=O) groups is 1. The predicted molar refractivity (Wildman–Crippen MR) is 49.1 cm³/mol. The first-order valence-electron chi connectivity index (χ1n) is 4.56. The molecule has 0 aromatic rings. The van der Waals surface area contributed by atoms with Crippen molar-refractivity contribution in [3.05, 3.63) is 0 Å². The second kappa shape index (κ2) is 5.04. The van der Waals surface area contributed by atoms with Crippen LogP contribution in [-0.4, -0.2) is 43.8 Å². The Morgan fingerprint density at radius 3 is 2.92 bits per heavy atom. The van der Waals surface area contributed by atoms with Crippen LogP contribution >= 0.6 is 0 Å². The molecule has 1 heterocycles. The Kier molecular flexibility index (Phi) is 3.98. The topological polar surface area (TPSA) is 81.6 Å². The van der Waals surface area contributed by atoms with E-state index in [0.717, 1.165) is 19.5 Å². The Labute approximate surface area is 78.0 Å². The van der Waals surface area contributed by atoms with Crippen molar-refractivity contribution >= 4 is 6.03 Å². The van der Waals surface area contributed by atoms with Gasteiger partial charge in [0.15, 0.2) is 0 Å². The fraction of sp³-hybridized carbons (Fsp3) is 0.875. The third kappa shape index (κ3) is 3.20. The molecule has 1 fully saturated rings. The highest BCUT2D eigenvalue weighted by Crippen LogP contribution is 2.15. The van der Waals surface area contributed by atoms with Gasteiger partial charge in [0, 0.05) is 25.6 Å². The van der Waals surface area contributed by atoms with Crippen molar-refractivity contribution in [3.63, 3.8) is 0 Å². The van der Waals surface area contributed by atoms with Crippen molar-refractivity contribution in [2.75, 3.05) is 32.8 Å². The predicted octanol–water partition coefficient (Wildman–Crippen LogP) is -0.638. The van der Waals surface area contributed by atoms with Crippen molar-refractivity contribution < 1.29 is 9.53 Å². The summed E-state index contributed by atoms with van der Waals surface area (Å²) in [5.74, 6) is 0.430. The summed E-state index contributed by atoms with van der Waals surface area (Å²) in [6.45, 7) is 3.30. The average Bonchev–Trinajstić information content (AvgIpc) is 2.53. The Morgan fingerprint density at radius 2 is 2.38 bits per heavy atom. The summed E-state index contributed by atoms with van der Waals surface area (Å²) in [5.41, 5.74) is 10.4. The lowest BCUT2D eigenvalue weighted by atomic mass is 10.1. The van der Waals surface area contributed by atoms with Crippen molar-refractivity contribution in [3.8, 4) is 0 Å². The molecule has 0 radical (unpaired) electrons. The smallest absolute Gasteiger partial charge is 0.314 e. The molecule has 4 N–H and O–H groups in total. The lowest BCUT2D eigenvalue weighted by molar-refractivity contribution is 0.108. The van der Waals surface area contributed by atoms with Crippen LogP contribution in [0.4, 0.5) is 4.79 Å². The van der Waals surface area contributed by atoms with E-state index in [-0.39, 0.29) is 6.03 Å². The lowest BCUT2D eigenvalue weighted by Gasteiger charge is -2.13. The molecule has 1 aliphatic heterocycles. The Balaban J connectivity index is 2.14. The van der Waals surface area contributed by atoms with Crippen LogP contribution in [0.2, 0.25) is 0 Å². The van der Waals surface area contributed by atoms with Crippen molar-refractivity contribution in [2.45, 2.75) is 6.42 Å². The third-order valence-electron chi connectivity index (χ3n) is 2.21. The number of amides is 2. The highest BCUT2D eigenvalue weighted by Gasteiger charge is 2.24. The molecule has 1 aliphatic rings. The zero-order valence-electron chi connectivity index (χ0n) is 7.74. The minimum absolute atomic E-state index is 0.332. The molecule has 1 atom stereocenters. The molecule has 0 bridgehead atoms. The van der Waals surface area contributed by atoms with E-state index in [0.29, 0.717) is 25.7 Å². The van der Waals surface area contributed by atoms with Crippen LogP contribution in [0.15, 0.2) is 0 Å². The van der Waals surface area contributed by atoms with Crippen molar-refractivity contribution in [1.82, 2.24) is 4.90 Å². The fourth-order valence-electron chi connectivity index (χ4n) is 1.50. The molecule has 0 aromatic heterocycles. The first-order chi connectivity index (χ1) is 6.24. The third-order valence-corrected chi connectivity index (χ3v) is 2.21. The molecule has 2 amide bonds. The molecule has 1 saturated heterocycles. The zero-order chi connectivity index (χ0) is 9.68. The second-order valence-corrected chi connectivity index (χ2v) is 3.30. The van der Waals surface area contributed by atoms with E-state index in [4.69, 9.17) is 16.2 Å². The SMILES string of the molecule is NCCOCC1CCN(C(N)=O)C1. The molecule has 76 valence electrons. The molecule has 5 nitrogen and oxygen atoms in total. The number of hydrogen-bond donors (Lipinski definition) is 2. The van der Waals surface area contributed by atoms with Crippen LogP contribution in [0.5, 0.6) is 0 Å². The van der Waals surface area contributed by atoms with Crippen LogP contribution in [-0.2, 0) is 4.74 Å². The van der Waals surface area contributed by atoms with E-state index in [1.807, 2.05) is 0 Å². The molecule has 0 spiro atoms. The van der Waals surface area contributed by atoms with Gasteiger partial charge in [0.1, 0.15) is 0 Å². The lowest BCUT2D eigenvalue weighted by Crippen LogP contribution is -2.34. The van der Waals surface area contributed by atoms with Gasteiger partial charge in [-0.1, -0.05) is 0 Å². The molecule has 1 unspecified atom stereocenters. The zero-order valence-corrected chi connectivity index (χ0v) is 7.74. The molecule has 13 heavy (non-hydrogen) atoms. The number of carbonyl (C=O) groups excluding carboxylic acids is 1. The summed E-state index contributed by atoms with van der Waals surface area (Å²) in [7, 11) is 0. The van der Waals surface area contributed by atoms with Gasteiger partial charge in [-0.2, -0.15) is 0 Å². The summed E-state index contributed by atoms with van der Waals surface area (Å²) >= 11 is 0. The molecule has 0 aliphatic carbocycles. The summed E-state index contributed by atoms with van der Waals surface area (Å²) in [5, 5.41) is 0. The Hall–Kier alpha value is -0.810. The first kappa shape index (κ1) is 10.3. The summed E-state index contributed by atoms with van der Waals surface area (Å²) in [4.78, 5) is 12.4. The fourth-order valence-corrected chi connectivity index (χ4v) is 1.50. The van der Waals surface area contributed by atoms with Gasteiger partial charge >= 0.3 is 6.03 Å². The highest BCUT2D eigenvalue weighted by atomic mass is 16.5. The van der Waals surface area contributed by atoms with Gasteiger partial charge in [0.05, 0.1) is 13.2 Å². The molecule has 5 heteroatoms. The summed E-state index contributed by atoms with van der Waals surface area (Å²) in [6, 6.07) is -0.332. The van der Waals surface area contributed by atoms with E-state index in [2.05, 4.69) is 0 Å². The number of nitrogens with two attached hydrogens (primary N) is 2. The minimum Gasteiger partial charge on any atom is -0.380 e. The Morgan fingerprint density at radius 1 is 1.62 bits per heavy atom. The van der Waals surface area contributed by atoms with Crippen molar-refractivity contribution in [1.29, 1.82) is 0 Å². The number of likely N-dealkylation sites (tertiary alicyclic amines) is 1.